The number of carbonyl (C=O) groups is 1. The molecule has 0 atom stereocenters. The van der Waals surface area contributed by atoms with E-state index in [2.05, 4.69) is 0 Å². The van der Waals surface area contributed by atoms with Gasteiger partial charge in [0.05, 0.1) is 0 Å². The molecule has 0 aromatic heterocycles. The van der Waals surface area contributed by atoms with Crippen molar-refractivity contribution in [3.63, 3.8) is 0 Å². The van der Waals surface area contributed by atoms with Crippen LogP contribution in [0.4, 0.5) is 13.2 Å². The van der Waals surface area contributed by atoms with Crippen LogP contribution < -0.4 is 0 Å². The molecule has 0 bridgehead atoms. The van der Waals surface area contributed by atoms with Crippen molar-refractivity contribution in [3.8, 4) is 0 Å². The molecule has 0 unspecified atom stereocenters. The Morgan fingerprint density at radius 3 is 2.00 bits per heavy atom. The van der Waals surface area contributed by atoms with Gasteiger partial charge >= 0.3 is 0 Å². The smallest absolute Gasteiger partial charge is 0.141 e. The van der Waals surface area contributed by atoms with Crippen molar-refractivity contribution < 1.29 is 18.0 Å². The molecule has 0 aliphatic rings. The highest BCUT2D eigenvalue weighted by molar-refractivity contribution is 5.83. The first-order chi connectivity index (χ1) is 9.08. The van der Waals surface area contributed by atoms with Crippen molar-refractivity contribution in [2.45, 2.75) is 12.8 Å². The summed E-state index contributed by atoms with van der Waals surface area (Å²) in [5.74, 6) is -2.46. The van der Waals surface area contributed by atoms with E-state index in [0.717, 1.165) is 12.1 Å². The van der Waals surface area contributed by atoms with Crippen LogP contribution in [-0.2, 0) is 17.6 Å². The minimum absolute atomic E-state index is 0.180. The molecule has 4 heteroatoms. The van der Waals surface area contributed by atoms with Crippen LogP contribution in [0.15, 0.2) is 42.5 Å². The summed E-state index contributed by atoms with van der Waals surface area (Å²) in [4.78, 5) is 11.7. The largest absolute Gasteiger partial charge is 0.299 e. The maximum atomic E-state index is 13.4. The van der Waals surface area contributed by atoms with Gasteiger partial charge < -0.3 is 0 Å². The zero-order chi connectivity index (χ0) is 13.8. The Labute approximate surface area is 108 Å². The standard InChI is InChI=1S/C15H11F3O/c16-13-5-2-1-4-10(13)8-11(19)9-12-14(17)6-3-7-15(12)18/h1-7H,8-9H2. The fourth-order valence-electron chi connectivity index (χ4n) is 1.82. The lowest BCUT2D eigenvalue weighted by Gasteiger charge is -2.05. The highest BCUT2D eigenvalue weighted by atomic mass is 19.1. The number of carbonyl (C=O) groups excluding carboxylic acids is 1. The third kappa shape index (κ3) is 3.22. The van der Waals surface area contributed by atoms with E-state index in [1.807, 2.05) is 0 Å². The molecule has 0 radical (unpaired) electrons. The van der Waals surface area contributed by atoms with Crippen LogP contribution in [0.3, 0.4) is 0 Å². The Balaban J connectivity index is 2.12. The predicted molar refractivity (Wildman–Crippen MR) is 65.2 cm³/mol. The van der Waals surface area contributed by atoms with Crippen LogP contribution in [0.25, 0.3) is 0 Å². The van der Waals surface area contributed by atoms with Crippen LogP contribution in [-0.4, -0.2) is 5.78 Å². The molecule has 1 nitrogen and oxygen atoms in total. The highest BCUT2D eigenvalue weighted by Crippen LogP contribution is 2.15. The number of ketones is 1. The highest BCUT2D eigenvalue weighted by Gasteiger charge is 2.14. The Morgan fingerprint density at radius 2 is 1.37 bits per heavy atom. The molecule has 0 saturated carbocycles. The second-order valence-electron chi connectivity index (χ2n) is 4.18. The molecule has 0 amide bonds. The van der Waals surface area contributed by atoms with Gasteiger partial charge in [-0.3, -0.25) is 4.79 Å². The second-order valence-corrected chi connectivity index (χ2v) is 4.18. The summed E-state index contributed by atoms with van der Waals surface area (Å²) in [7, 11) is 0. The topological polar surface area (TPSA) is 17.1 Å². The minimum Gasteiger partial charge on any atom is -0.299 e. The number of halogens is 3. The molecule has 19 heavy (non-hydrogen) atoms. The van der Waals surface area contributed by atoms with Crippen LogP contribution in [0.5, 0.6) is 0 Å². The molecule has 0 spiro atoms. The van der Waals surface area contributed by atoms with Gasteiger partial charge in [0.1, 0.15) is 23.2 Å². The van der Waals surface area contributed by atoms with Crippen LogP contribution in [0, 0.1) is 17.5 Å². The molecule has 2 aromatic carbocycles. The van der Waals surface area contributed by atoms with Gasteiger partial charge in [0, 0.05) is 18.4 Å². The normalized spacial score (nSPS) is 10.5. The van der Waals surface area contributed by atoms with Crippen molar-refractivity contribution >= 4 is 5.78 Å². The SMILES string of the molecule is O=C(Cc1ccccc1F)Cc1c(F)cccc1F. The van der Waals surface area contributed by atoms with E-state index >= 15 is 0 Å². The van der Waals surface area contributed by atoms with Gasteiger partial charge in [0.2, 0.25) is 0 Å². The lowest BCUT2D eigenvalue weighted by atomic mass is 10.0. The van der Waals surface area contributed by atoms with E-state index in [9.17, 15) is 18.0 Å². The molecule has 2 rings (SSSR count). The lowest BCUT2D eigenvalue weighted by molar-refractivity contribution is -0.117. The average molecular weight is 264 g/mol. The van der Waals surface area contributed by atoms with Gasteiger partial charge in [-0.25, -0.2) is 13.2 Å². The summed E-state index contributed by atoms with van der Waals surface area (Å²) in [5.41, 5.74) is -0.0481. The van der Waals surface area contributed by atoms with Crippen molar-refractivity contribution in [2.24, 2.45) is 0 Å². The van der Waals surface area contributed by atoms with Crippen molar-refractivity contribution in [2.75, 3.05) is 0 Å². The predicted octanol–water partition coefficient (Wildman–Crippen LogP) is 3.46. The van der Waals surface area contributed by atoms with Crippen molar-refractivity contribution in [1.29, 1.82) is 0 Å². The number of rotatable bonds is 4. The van der Waals surface area contributed by atoms with Crippen LogP contribution in [0.1, 0.15) is 11.1 Å². The van der Waals surface area contributed by atoms with Gasteiger partial charge in [0.15, 0.2) is 0 Å². The summed E-state index contributed by atoms with van der Waals surface area (Å²) in [6.45, 7) is 0. The van der Waals surface area contributed by atoms with Gasteiger partial charge in [0.25, 0.3) is 0 Å². The first-order valence-corrected chi connectivity index (χ1v) is 5.76. The lowest BCUT2D eigenvalue weighted by Crippen LogP contribution is -2.10. The molecule has 0 aliphatic carbocycles. The third-order valence-corrected chi connectivity index (χ3v) is 2.78. The van der Waals surface area contributed by atoms with E-state index in [0.29, 0.717) is 0 Å². The fourth-order valence-corrected chi connectivity index (χ4v) is 1.82. The molecule has 98 valence electrons. The van der Waals surface area contributed by atoms with E-state index < -0.39 is 23.2 Å². The summed E-state index contributed by atoms with van der Waals surface area (Å²) in [6.07, 6.45) is -0.562. The Kier molecular flexibility index (Phi) is 4.00. The van der Waals surface area contributed by atoms with E-state index in [4.69, 9.17) is 0 Å². The van der Waals surface area contributed by atoms with Crippen molar-refractivity contribution in [1.82, 2.24) is 0 Å². The van der Waals surface area contributed by atoms with Crippen LogP contribution in [0.2, 0.25) is 0 Å². The van der Waals surface area contributed by atoms with Gasteiger partial charge in [-0.2, -0.15) is 0 Å². The monoisotopic (exact) mass is 264 g/mol. The molecular formula is C15H11F3O. The molecule has 0 aliphatic heterocycles. The van der Waals surface area contributed by atoms with E-state index in [1.54, 1.807) is 6.07 Å². The van der Waals surface area contributed by atoms with Crippen molar-refractivity contribution in [3.05, 3.63) is 71.0 Å². The molecule has 0 fully saturated rings. The number of hydrogen-bond acceptors (Lipinski definition) is 1. The first-order valence-electron chi connectivity index (χ1n) is 5.76. The van der Waals surface area contributed by atoms with Crippen LogP contribution >= 0.6 is 0 Å². The fraction of sp³-hybridized carbons (Fsp3) is 0.133. The number of hydrogen-bond donors (Lipinski definition) is 0. The van der Waals surface area contributed by atoms with Gasteiger partial charge in [-0.05, 0) is 23.8 Å². The van der Waals surface area contributed by atoms with E-state index in [-0.39, 0.29) is 24.0 Å². The number of benzene rings is 2. The summed E-state index contributed by atoms with van der Waals surface area (Å²) >= 11 is 0. The third-order valence-electron chi connectivity index (χ3n) is 2.78. The zero-order valence-electron chi connectivity index (χ0n) is 10.00. The summed E-state index contributed by atoms with van der Waals surface area (Å²) < 4.78 is 40.1. The molecular weight excluding hydrogens is 253 g/mol. The maximum absolute atomic E-state index is 13.4. The Morgan fingerprint density at radius 1 is 0.789 bits per heavy atom. The van der Waals surface area contributed by atoms with Gasteiger partial charge in [-0.15, -0.1) is 0 Å². The Bertz CT molecular complexity index is 588. The Hall–Kier alpha value is -2.10. The summed E-state index contributed by atoms with van der Waals surface area (Å²) in [6, 6.07) is 9.26. The molecule has 0 N–H and O–H groups in total. The molecule has 2 aromatic rings. The summed E-state index contributed by atoms with van der Waals surface area (Å²) in [5, 5.41) is 0. The average Bonchev–Trinajstić information content (AvgIpc) is 2.37. The maximum Gasteiger partial charge on any atom is 0.141 e. The number of Topliss-reactive ketones (excluding diaryl/α,β-unsaturated/α-hetero) is 1. The minimum atomic E-state index is -0.762. The first kappa shape index (κ1) is 13.3. The van der Waals surface area contributed by atoms with Gasteiger partial charge in [-0.1, -0.05) is 24.3 Å². The molecule has 0 heterocycles. The second kappa shape index (κ2) is 5.69. The molecule has 0 saturated heterocycles. The zero-order valence-corrected chi connectivity index (χ0v) is 10.00. The quantitative estimate of drug-likeness (QED) is 0.826. The van der Waals surface area contributed by atoms with E-state index in [1.165, 1.54) is 24.3 Å².